The molecule has 0 amide bonds. The zero-order valence-electron chi connectivity index (χ0n) is 9.36. The number of rotatable bonds is 2. The predicted molar refractivity (Wildman–Crippen MR) is 64.4 cm³/mol. The van der Waals surface area contributed by atoms with Gasteiger partial charge in [-0.15, -0.1) is 0 Å². The Balaban J connectivity index is 4.39. The monoisotopic (exact) mass is 262 g/mol. The molecule has 0 fully saturated rings. The van der Waals surface area contributed by atoms with Gasteiger partial charge < -0.3 is 4.43 Å². The summed E-state index contributed by atoms with van der Waals surface area (Å²) in [6.07, 6.45) is 0.0280. The van der Waals surface area contributed by atoms with Gasteiger partial charge in [-0.05, 0) is 29.9 Å². The molecular weight excluding hydrogens is 244 g/mol. The Morgan fingerprint density at radius 2 is 1.77 bits per heavy atom. The fourth-order valence-electron chi connectivity index (χ4n) is 0.725. The zero-order chi connectivity index (χ0) is 10.7. The fraction of sp³-hybridized carbons (Fsp3) is 0.800. The zero-order valence-corrected chi connectivity index (χ0v) is 11.9. The second-order valence-electron chi connectivity index (χ2n) is 4.76. The molecule has 0 spiro atoms. The minimum atomic E-state index is -1.63. The molecule has 0 N–H and O–H groups in total. The largest absolute Gasteiger partial charge is 0.404 e. The summed E-state index contributed by atoms with van der Waals surface area (Å²) < 4.78 is 5.98. The summed E-state index contributed by atoms with van der Waals surface area (Å²) in [7, 11) is -1.63. The minimum Gasteiger partial charge on any atom is -0.404 e. The van der Waals surface area contributed by atoms with Gasteiger partial charge in [0.05, 0.1) is 0 Å². The van der Waals surface area contributed by atoms with E-state index in [1.165, 1.54) is 0 Å². The first-order chi connectivity index (χ1) is 5.70. The van der Waals surface area contributed by atoms with Gasteiger partial charge in [-0.1, -0.05) is 26.7 Å². The summed E-state index contributed by atoms with van der Waals surface area (Å²) >= 11 is 3.08. The van der Waals surface area contributed by atoms with Crippen molar-refractivity contribution in [1.82, 2.24) is 0 Å². The maximum atomic E-state index is 5.98. The lowest BCUT2D eigenvalue weighted by Gasteiger charge is -2.37. The molecule has 0 aliphatic rings. The number of halogens is 1. The molecule has 0 aromatic carbocycles. The molecule has 1 nitrogen and oxygen atoms in total. The van der Waals surface area contributed by atoms with E-state index in [-0.39, 0.29) is 11.1 Å². The van der Waals surface area contributed by atoms with Gasteiger partial charge in [-0.2, -0.15) is 0 Å². The van der Waals surface area contributed by atoms with E-state index in [1.54, 1.807) is 0 Å². The molecule has 0 aromatic heterocycles. The lowest BCUT2D eigenvalue weighted by Crippen LogP contribution is -2.43. The van der Waals surface area contributed by atoms with Crippen molar-refractivity contribution < 1.29 is 4.43 Å². The summed E-state index contributed by atoms with van der Waals surface area (Å²) in [5.74, 6) is 2.95. The van der Waals surface area contributed by atoms with Crippen LogP contribution in [-0.2, 0) is 4.43 Å². The average Bonchev–Trinajstić information content (AvgIpc) is 1.83. The molecule has 0 aliphatic carbocycles. The highest BCUT2D eigenvalue weighted by Gasteiger charge is 2.38. The second-order valence-corrected chi connectivity index (χ2v) is 9.91. The van der Waals surface area contributed by atoms with Gasteiger partial charge in [-0.25, -0.2) is 0 Å². The SMILES string of the molecule is C[C@@H](C#CBr)O[Si](C)(C)C(C)(C)C. The van der Waals surface area contributed by atoms with Gasteiger partial charge in [0.1, 0.15) is 6.10 Å². The summed E-state index contributed by atoms with van der Waals surface area (Å²) in [5, 5.41) is 0.259. The molecular formula is C10H19BrOSi. The van der Waals surface area contributed by atoms with Crippen LogP contribution in [0.1, 0.15) is 27.7 Å². The fourth-order valence-corrected chi connectivity index (χ4v) is 2.34. The highest BCUT2D eigenvalue weighted by molar-refractivity contribution is 9.12. The standard InChI is InChI=1S/C10H19BrOSi/c1-9(7-8-11)12-13(5,6)10(2,3)4/h9H,1-6H3/t9-/m0/s1. The van der Waals surface area contributed by atoms with Crippen molar-refractivity contribution in [3.63, 3.8) is 0 Å². The topological polar surface area (TPSA) is 9.23 Å². The maximum absolute atomic E-state index is 5.98. The molecule has 3 heteroatoms. The highest BCUT2D eigenvalue weighted by Crippen LogP contribution is 2.37. The highest BCUT2D eigenvalue weighted by atomic mass is 79.9. The third kappa shape index (κ3) is 4.30. The van der Waals surface area contributed by atoms with Crippen LogP contribution in [0.4, 0.5) is 0 Å². The molecule has 0 radical (unpaired) electrons. The minimum absolute atomic E-state index is 0.0280. The van der Waals surface area contributed by atoms with Crippen molar-refractivity contribution in [3.05, 3.63) is 0 Å². The van der Waals surface area contributed by atoms with Crippen LogP contribution in [0, 0.1) is 10.8 Å². The van der Waals surface area contributed by atoms with E-state index >= 15 is 0 Å². The Morgan fingerprint density at radius 1 is 1.31 bits per heavy atom. The lowest BCUT2D eigenvalue weighted by atomic mass is 10.2. The summed E-state index contributed by atoms with van der Waals surface area (Å²) in [5.41, 5.74) is 0. The first-order valence-corrected chi connectivity index (χ1v) is 8.20. The molecule has 13 heavy (non-hydrogen) atoms. The molecule has 0 unspecified atom stereocenters. The predicted octanol–water partition coefficient (Wildman–Crippen LogP) is 3.75. The summed E-state index contributed by atoms with van der Waals surface area (Å²) in [4.78, 5) is 2.70. The Bertz CT molecular complexity index is 219. The van der Waals surface area contributed by atoms with Crippen LogP contribution in [0.15, 0.2) is 0 Å². The Labute approximate surface area is 91.5 Å². The maximum Gasteiger partial charge on any atom is 0.193 e. The van der Waals surface area contributed by atoms with Crippen molar-refractivity contribution >= 4 is 24.2 Å². The quantitative estimate of drug-likeness (QED) is 0.544. The van der Waals surface area contributed by atoms with E-state index in [0.29, 0.717) is 0 Å². The summed E-state index contributed by atoms with van der Waals surface area (Å²) in [6, 6.07) is 0. The van der Waals surface area contributed by atoms with Crippen LogP contribution in [0.2, 0.25) is 18.1 Å². The second kappa shape index (κ2) is 4.63. The third-order valence-corrected chi connectivity index (χ3v) is 7.32. The van der Waals surface area contributed by atoms with Gasteiger partial charge >= 0.3 is 0 Å². The summed E-state index contributed by atoms with van der Waals surface area (Å²) in [6.45, 7) is 13.2. The van der Waals surface area contributed by atoms with Crippen LogP contribution in [0.3, 0.4) is 0 Å². The van der Waals surface area contributed by atoms with Crippen molar-refractivity contribution in [3.8, 4) is 10.8 Å². The van der Waals surface area contributed by atoms with Crippen molar-refractivity contribution in [2.75, 3.05) is 0 Å². The van der Waals surface area contributed by atoms with Crippen LogP contribution >= 0.6 is 15.9 Å². The number of hydrogen-bond donors (Lipinski definition) is 0. The van der Waals surface area contributed by atoms with Crippen molar-refractivity contribution in [2.24, 2.45) is 0 Å². The third-order valence-electron chi connectivity index (χ3n) is 2.54. The van der Waals surface area contributed by atoms with Gasteiger partial charge in [-0.3, -0.25) is 0 Å². The first-order valence-electron chi connectivity index (χ1n) is 4.49. The van der Waals surface area contributed by atoms with Crippen molar-refractivity contribution in [1.29, 1.82) is 0 Å². The van der Waals surface area contributed by atoms with Crippen molar-refractivity contribution in [2.45, 2.75) is 51.9 Å². The Morgan fingerprint density at radius 3 is 2.08 bits per heavy atom. The van der Waals surface area contributed by atoms with Crippen LogP contribution in [-0.4, -0.2) is 14.4 Å². The van der Waals surface area contributed by atoms with Gasteiger partial charge in [0.25, 0.3) is 0 Å². The van der Waals surface area contributed by atoms with Crippen LogP contribution in [0.25, 0.3) is 0 Å². The smallest absolute Gasteiger partial charge is 0.193 e. The van der Waals surface area contributed by atoms with Gasteiger partial charge in [0.2, 0.25) is 0 Å². The Hall–Kier alpha value is 0.217. The van der Waals surface area contributed by atoms with Crippen LogP contribution < -0.4 is 0 Å². The van der Waals surface area contributed by atoms with E-state index < -0.39 is 8.32 Å². The average molecular weight is 263 g/mol. The molecule has 76 valence electrons. The first kappa shape index (κ1) is 13.2. The molecule has 0 bridgehead atoms. The Kier molecular flexibility index (Phi) is 4.71. The molecule has 0 aliphatic heterocycles. The molecule has 0 saturated heterocycles. The van der Waals surface area contributed by atoms with Gasteiger partial charge in [0, 0.05) is 15.9 Å². The van der Waals surface area contributed by atoms with E-state index in [1.807, 2.05) is 6.92 Å². The normalized spacial score (nSPS) is 14.7. The van der Waals surface area contributed by atoms with E-state index in [9.17, 15) is 0 Å². The molecule has 0 aromatic rings. The number of hydrogen-bond acceptors (Lipinski definition) is 1. The molecule has 0 rings (SSSR count). The van der Waals surface area contributed by atoms with E-state index in [4.69, 9.17) is 4.43 Å². The van der Waals surface area contributed by atoms with Gasteiger partial charge in [0.15, 0.2) is 8.32 Å². The lowest BCUT2D eigenvalue weighted by molar-refractivity contribution is 0.252. The van der Waals surface area contributed by atoms with E-state index in [2.05, 4.69) is 60.5 Å². The van der Waals surface area contributed by atoms with Crippen LogP contribution in [0.5, 0.6) is 0 Å². The molecule has 1 atom stereocenters. The van der Waals surface area contributed by atoms with E-state index in [0.717, 1.165) is 0 Å². The molecule has 0 heterocycles. The molecule has 0 saturated carbocycles.